The smallest absolute Gasteiger partial charge is 0.323 e. The van der Waals surface area contributed by atoms with Gasteiger partial charge in [-0.2, -0.15) is 0 Å². The van der Waals surface area contributed by atoms with E-state index in [2.05, 4.69) is 12.2 Å². The van der Waals surface area contributed by atoms with Crippen LogP contribution in [0, 0.1) is 5.92 Å². The van der Waals surface area contributed by atoms with Gasteiger partial charge in [0, 0.05) is 6.61 Å². The molecule has 0 aromatic carbocycles. The molecule has 21 heavy (non-hydrogen) atoms. The van der Waals surface area contributed by atoms with Gasteiger partial charge < -0.3 is 15.2 Å². The van der Waals surface area contributed by atoms with Crippen molar-refractivity contribution in [2.75, 3.05) is 13.2 Å². The van der Waals surface area contributed by atoms with Crippen LogP contribution in [-0.4, -0.2) is 35.9 Å². The molecule has 0 aromatic rings. The van der Waals surface area contributed by atoms with Crippen LogP contribution in [0.4, 0.5) is 0 Å². The zero-order chi connectivity index (χ0) is 15.7. The second kappa shape index (κ2) is 9.42. The molecular formula is C17H33NO3. The second-order valence-electron chi connectivity index (χ2n) is 6.49. The molecule has 3 atom stereocenters. The van der Waals surface area contributed by atoms with Crippen molar-refractivity contribution >= 4 is 5.97 Å². The summed E-state index contributed by atoms with van der Waals surface area (Å²) in [4.78, 5) is 11.3. The van der Waals surface area contributed by atoms with Gasteiger partial charge >= 0.3 is 5.97 Å². The fraction of sp³-hybridized carbons (Fsp3) is 0.941. The molecule has 0 heterocycles. The van der Waals surface area contributed by atoms with Crippen molar-refractivity contribution in [2.24, 2.45) is 5.92 Å². The van der Waals surface area contributed by atoms with Gasteiger partial charge in [0.2, 0.25) is 0 Å². The van der Waals surface area contributed by atoms with Crippen molar-refractivity contribution in [3.63, 3.8) is 0 Å². The zero-order valence-electron chi connectivity index (χ0n) is 14.0. The van der Waals surface area contributed by atoms with Crippen molar-refractivity contribution in [2.45, 2.75) is 83.8 Å². The number of carboxylic acid groups (broad SMARTS) is 1. The molecular weight excluding hydrogens is 266 g/mol. The van der Waals surface area contributed by atoms with Gasteiger partial charge in [-0.25, -0.2) is 0 Å². The zero-order valence-corrected chi connectivity index (χ0v) is 14.0. The maximum Gasteiger partial charge on any atom is 0.323 e. The van der Waals surface area contributed by atoms with Crippen LogP contribution in [0.1, 0.15) is 72.1 Å². The van der Waals surface area contributed by atoms with E-state index in [1.54, 1.807) is 6.92 Å². The molecule has 0 aromatic heterocycles. The predicted molar refractivity (Wildman–Crippen MR) is 85.6 cm³/mol. The molecule has 1 fully saturated rings. The van der Waals surface area contributed by atoms with Gasteiger partial charge in [-0.15, -0.1) is 0 Å². The highest BCUT2D eigenvalue weighted by atomic mass is 16.5. The molecule has 4 nitrogen and oxygen atoms in total. The summed E-state index contributed by atoms with van der Waals surface area (Å²) in [6.45, 7) is 7.41. The average Bonchev–Trinajstić information content (AvgIpc) is 2.47. The molecule has 124 valence electrons. The maximum absolute atomic E-state index is 11.3. The van der Waals surface area contributed by atoms with Gasteiger partial charge in [0.1, 0.15) is 5.54 Å². The van der Waals surface area contributed by atoms with Gasteiger partial charge in [0.25, 0.3) is 0 Å². The quantitative estimate of drug-likeness (QED) is 0.605. The summed E-state index contributed by atoms with van der Waals surface area (Å²) < 4.78 is 6.05. The molecule has 0 aliphatic heterocycles. The molecule has 1 aliphatic rings. The number of hydrogen-bond acceptors (Lipinski definition) is 3. The van der Waals surface area contributed by atoms with Crippen LogP contribution < -0.4 is 5.32 Å². The normalized spacial score (nSPS) is 25.5. The minimum atomic E-state index is -0.800. The summed E-state index contributed by atoms with van der Waals surface area (Å²) in [5, 5.41) is 12.4. The Morgan fingerprint density at radius 3 is 2.62 bits per heavy atom. The first-order chi connectivity index (χ1) is 10.0. The predicted octanol–water partition coefficient (Wildman–Crippen LogP) is 3.59. The van der Waals surface area contributed by atoms with Crippen molar-refractivity contribution in [1.29, 1.82) is 0 Å². The third kappa shape index (κ3) is 5.95. The number of carbonyl (C=O) groups is 1. The van der Waals surface area contributed by atoms with Crippen LogP contribution in [0.15, 0.2) is 0 Å². The Morgan fingerprint density at radius 1 is 1.29 bits per heavy atom. The summed E-state index contributed by atoms with van der Waals surface area (Å²) in [5.74, 6) is -0.0339. The van der Waals surface area contributed by atoms with Gasteiger partial charge in [-0.1, -0.05) is 33.1 Å². The molecule has 0 radical (unpaired) electrons. The maximum atomic E-state index is 11.3. The van der Waals surface area contributed by atoms with E-state index in [1.165, 1.54) is 32.1 Å². The van der Waals surface area contributed by atoms with Crippen molar-refractivity contribution < 1.29 is 14.6 Å². The minimum absolute atomic E-state index is 0.434. The van der Waals surface area contributed by atoms with Crippen LogP contribution >= 0.6 is 0 Å². The van der Waals surface area contributed by atoms with Crippen LogP contribution in [0.2, 0.25) is 0 Å². The van der Waals surface area contributed by atoms with Crippen LogP contribution in [0.5, 0.6) is 0 Å². The molecule has 1 aliphatic carbocycles. The van der Waals surface area contributed by atoms with E-state index in [0.29, 0.717) is 19.1 Å². The number of hydrogen-bond donors (Lipinski definition) is 2. The summed E-state index contributed by atoms with van der Waals surface area (Å²) in [6.07, 6.45) is 9.27. The van der Waals surface area contributed by atoms with E-state index >= 15 is 0 Å². The van der Waals surface area contributed by atoms with E-state index in [9.17, 15) is 9.90 Å². The van der Waals surface area contributed by atoms with E-state index in [-0.39, 0.29) is 0 Å². The highest BCUT2D eigenvalue weighted by Crippen LogP contribution is 2.29. The largest absolute Gasteiger partial charge is 0.480 e. The molecule has 3 unspecified atom stereocenters. The fourth-order valence-corrected chi connectivity index (χ4v) is 3.34. The molecule has 1 saturated carbocycles. The molecule has 0 saturated heterocycles. The topological polar surface area (TPSA) is 58.6 Å². The fourth-order valence-electron chi connectivity index (χ4n) is 3.34. The summed E-state index contributed by atoms with van der Waals surface area (Å²) in [6, 6.07) is 0. The van der Waals surface area contributed by atoms with E-state index in [4.69, 9.17) is 4.74 Å². The Kier molecular flexibility index (Phi) is 8.27. The lowest BCUT2D eigenvalue weighted by Gasteiger charge is -2.31. The first-order valence-corrected chi connectivity index (χ1v) is 8.63. The second-order valence-corrected chi connectivity index (χ2v) is 6.49. The van der Waals surface area contributed by atoms with Crippen LogP contribution in [0.3, 0.4) is 0 Å². The molecule has 4 heteroatoms. The number of carboxylic acids is 1. The highest BCUT2D eigenvalue weighted by Gasteiger charge is 2.31. The Bertz CT molecular complexity index is 308. The third-order valence-corrected chi connectivity index (χ3v) is 4.81. The summed E-state index contributed by atoms with van der Waals surface area (Å²) in [7, 11) is 0. The molecule has 0 bridgehead atoms. The minimum Gasteiger partial charge on any atom is -0.480 e. The first-order valence-electron chi connectivity index (χ1n) is 8.63. The summed E-state index contributed by atoms with van der Waals surface area (Å²) in [5.41, 5.74) is -0.800. The number of aliphatic carboxylic acids is 1. The lowest BCUT2D eigenvalue weighted by molar-refractivity contribution is -0.144. The van der Waals surface area contributed by atoms with Crippen molar-refractivity contribution in [3.05, 3.63) is 0 Å². The van der Waals surface area contributed by atoms with Gasteiger partial charge in [0.05, 0.1) is 6.10 Å². The highest BCUT2D eigenvalue weighted by molar-refractivity contribution is 5.78. The van der Waals surface area contributed by atoms with Crippen molar-refractivity contribution in [3.8, 4) is 0 Å². The lowest BCUT2D eigenvalue weighted by Crippen LogP contribution is -2.49. The van der Waals surface area contributed by atoms with Gasteiger partial charge in [-0.05, 0) is 51.5 Å². The third-order valence-electron chi connectivity index (χ3n) is 4.81. The lowest BCUT2D eigenvalue weighted by atomic mass is 9.85. The van der Waals surface area contributed by atoms with Crippen LogP contribution in [-0.2, 0) is 9.53 Å². The Balaban J connectivity index is 2.22. The number of ether oxygens (including phenoxy) is 1. The van der Waals surface area contributed by atoms with E-state index in [1.807, 2.05) is 6.92 Å². The Hall–Kier alpha value is -0.610. The van der Waals surface area contributed by atoms with E-state index in [0.717, 1.165) is 25.4 Å². The number of unbranched alkanes of at least 4 members (excludes halogenated alkanes) is 1. The van der Waals surface area contributed by atoms with E-state index < -0.39 is 11.5 Å². The SMILES string of the molecule is CCNC(C)(CCCCOC1CCCCC1CC)C(=O)O. The molecule has 2 N–H and O–H groups in total. The standard InChI is InChI=1S/C17H33NO3/c1-4-14-10-6-7-11-15(14)21-13-9-8-12-17(3,16(19)20)18-5-2/h14-15,18H,4-13H2,1-3H3,(H,19,20). The molecule has 0 amide bonds. The summed E-state index contributed by atoms with van der Waals surface area (Å²) >= 11 is 0. The Labute approximate surface area is 129 Å². The monoisotopic (exact) mass is 299 g/mol. The number of rotatable bonds is 10. The number of likely N-dealkylation sites (N-methyl/N-ethyl adjacent to an activating group) is 1. The average molecular weight is 299 g/mol. The number of nitrogens with one attached hydrogen (secondary N) is 1. The first kappa shape index (κ1) is 18.4. The van der Waals surface area contributed by atoms with Crippen LogP contribution in [0.25, 0.3) is 0 Å². The van der Waals surface area contributed by atoms with Gasteiger partial charge in [0.15, 0.2) is 0 Å². The molecule has 1 rings (SSSR count). The van der Waals surface area contributed by atoms with Gasteiger partial charge in [-0.3, -0.25) is 4.79 Å². The molecule has 0 spiro atoms. The Morgan fingerprint density at radius 2 is 2.00 bits per heavy atom. The van der Waals surface area contributed by atoms with Crippen molar-refractivity contribution in [1.82, 2.24) is 5.32 Å².